The third-order valence-electron chi connectivity index (χ3n) is 2.76. The van der Waals surface area contributed by atoms with Crippen molar-refractivity contribution in [2.45, 2.75) is 27.7 Å². The molecule has 0 radical (unpaired) electrons. The first-order chi connectivity index (χ1) is 8.18. The number of rotatable bonds is 1. The van der Waals surface area contributed by atoms with Crippen LogP contribution in [0.2, 0.25) is 0 Å². The largest absolute Gasteiger partial charge is 0.508 e. The van der Waals surface area contributed by atoms with Gasteiger partial charge in [-0.3, -0.25) is 0 Å². The van der Waals surface area contributed by atoms with Gasteiger partial charge in [0.15, 0.2) is 0 Å². The van der Waals surface area contributed by atoms with E-state index in [4.69, 9.17) is 0 Å². The van der Waals surface area contributed by atoms with Crippen molar-refractivity contribution in [2.75, 3.05) is 0 Å². The summed E-state index contributed by atoms with van der Waals surface area (Å²) < 4.78 is 0. The van der Waals surface area contributed by atoms with Gasteiger partial charge in [-0.15, -0.1) is 0 Å². The quantitative estimate of drug-likeness (QED) is 0.750. The summed E-state index contributed by atoms with van der Waals surface area (Å²) in [7, 11) is 0. The Morgan fingerprint density at radius 1 is 0.882 bits per heavy atom. The summed E-state index contributed by atoms with van der Waals surface area (Å²) in [5.41, 5.74) is 4.79. The molecule has 0 aromatic heterocycles. The van der Waals surface area contributed by atoms with Crippen LogP contribution in [0.3, 0.4) is 0 Å². The Balaban J connectivity index is 0.000000686. The first-order valence-corrected chi connectivity index (χ1v) is 6.04. The molecule has 0 aliphatic rings. The maximum Gasteiger partial charge on any atom is 0.116 e. The highest BCUT2D eigenvalue weighted by molar-refractivity contribution is 5.69. The van der Waals surface area contributed by atoms with Crippen LogP contribution in [-0.4, -0.2) is 5.11 Å². The van der Waals surface area contributed by atoms with Gasteiger partial charge in [0, 0.05) is 0 Å². The van der Waals surface area contributed by atoms with Crippen LogP contribution in [0, 0.1) is 13.8 Å². The zero-order valence-electron chi connectivity index (χ0n) is 11.0. The molecule has 0 saturated heterocycles. The van der Waals surface area contributed by atoms with E-state index in [-0.39, 0.29) is 0 Å². The second-order valence-electron chi connectivity index (χ2n) is 3.80. The molecule has 1 N–H and O–H groups in total. The Hall–Kier alpha value is -1.76. The lowest BCUT2D eigenvalue weighted by molar-refractivity contribution is 0.475. The number of aryl methyl sites for hydroxylation is 1. The smallest absolute Gasteiger partial charge is 0.116 e. The van der Waals surface area contributed by atoms with E-state index in [2.05, 4.69) is 26.0 Å². The van der Waals surface area contributed by atoms with Crippen molar-refractivity contribution < 1.29 is 5.11 Å². The van der Waals surface area contributed by atoms with Crippen LogP contribution in [0.1, 0.15) is 25.0 Å². The van der Waals surface area contributed by atoms with Crippen molar-refractivity contribution in [3.8, 4) is 16.9 Å². The maximum atomic E-state index is 9.43. The standard InChI is InChI=1S/C14H14O.C2H6/c1-10-5-3-8-14(11(10)2)12-6-4-7-13(15)9-12;1-2/h3-9,15H,1-2H3;1-2H3. The lowest BCUT2D eigenvalue weighted by Crippen LogP contribution is -1.86. The predicted octanol–water partition coefficient (Wildman–Crippen LogP) is 4.70. The first-order valence-electron chi connectivity index (χ1n) is 6.04. The zero-order valence-corrected chi connectivity index (χ0v) is 11.0. The van der Waals surface area contributed by atoms with Gasteiger partial charge in [-0.25, -0.2) is 0 Å². The van der Waals surface area contributed by atoms with E-state index in [9.17, 15) is 5.11 Å². The van der Waals surface area contributed by atoms with Gasteiger partial charge in [-0.1, -0.05) is 44.2 Å². The molecule has 1 nitrogen and oxygen atoms in total. The van der Waals surface area contributed by atoms with Crippen LogP contribution in [0.25, 0.3) is 11.1 Å². The molecule has 2 aromatic rings. The molecule has 0 spiro atoms. The van der Waals surface area contributed by atoms with E-state index >= 15 is 0 Å². The van der Waals surface area contributed by atoms with E-state index < -0.39 is 0 Å². The normalized spacial score (nSPS) is 9.41. The molecule has 0 amide bonds. The van der Waals surface area contributed by atoms with E-state index in [1.165, 1.54) is 16.7 Å². The van der Waals surface area contributed by atoms with Crippen molar-refractivity contribution in [1.29, 1.82) is 0 Å². The minimum Gasteiger partial charge on any atom is -0.508 e. The molecule has 2 aromatic carbocycles. The molecule has 0 bridgehead atoms. The predicted molar refractivity (Wildman–Crippen MR) is 74.4 cm³/mol. The number of hydrogen-bond acceptors (Lipinski definition) is 1. The fourth-order valence-corrected chi connectivity index (χ4v) is 1.74. The fraction of sp³-hybridized carbons (Fsp3) is 0.250. The highest BCUT2D eigenvalue weighted by Crippen LogP contribution is 2.27. The topological polar surface area (TPSA) is 20.2 Å². The van der Waals surface area contributed by atoms with Crippen molar-refractivity contribution in [1.82, 2.24) is 0 Å². The maximum absolute atomic E-state index is 9.43. The SMILES string of the molecule is CC.Cc1cccc(-c2cccc(O)c2)c1C. The van der Waals surface area contributed by atoms with Crippen molar-refractivity contribution in [2.24, 2.45) is 0 Å². The molecular weight excluding hydrogens is 208 g/mol. The van der Waals surface area contributed by atoms with Crippen LogP contribution in [0.4, 0.5) is 0 Å². The third-order valence-corrected chi connectivity index (χ3v) is 2.76. The molecule has 0 heterocycles. The Bertz CT molecular complexity index is 487. The number of phenols is 1. The monoisotopic (exact) mass is 228 g/mol. The average Bonchev–Trinajstić information content (AvgIpc) is 2.35. The third kappa shape index (κ3) is 3.10. The number of aromatic hydroxyl groups is 1. The molecule has 1 heteroatoms. The van der Waals surface area contributed by atoms with Crippen LogP contribution in [-0.2, 0) is 0 Å². The molecule has 2 rings (SSSR count). The molecule has 0 fully saturated rings. The minimum absolute atomic E-state index is 0.313. The molecule has 0 saturated carbocycles. The van der Waals surface area contributed by atoms with E-state index in [1.54, 1.807) is 12.1 Å². The van der Waals surface area contributed by atoms with E-state index in [1.807, 2.05) is 32.0 Å². The number of phenolic OH excluding ortho intramolecular Hbond substituents is 1. The van der Waals surface area contributed by atoms with Gasteiger partial charge in [-0.2, -0.15) is 0 Å². The van der Waals surface area contributed by atoms with E-state index in [0.717, 1.165) is 5.56 Å². The summed E-state index contributed by atoms with van der Waals surface area (Å²) in [6.07, 6.45) is 0. The molecule has 0 atom stereocenters. The highest BCUT2D eigenvalue weighted by atomic mass is 16.3. The lowest BCUT2D eigenvalue weighted by Gasteiger charge is -2.08. The van der Waals surface area contributed by atoms with Gasteiger partial charge >= 0.3 is 0 Å². The fourth-order valence-electron chi connectivity index (χ4n) is 1.74. The van der Waals surface area contributed by atoms with Crippen LogP contribution in [0.5, 0.6) is 5.75 Å². The van der Waals surface area contributed by atoms with E-state index in [0.29, 0.717) is 5.75 Å². The van der Waals surface area contributed by atoms with Crippen LogP contribution in [0.15, 0.2) is 42.5 Å². The first kappa shape index (κ1) is 13.3. The summed E-state index contributed by atoms with van der Waals surface area (Å²) >= 11 is 0. The molecule has 17 heavy (non-hydrogen) atoms. The van der Waals surface area contributed by atoms with Gasteiger partial charge in [0.2, 0.25) is 0 Å². The van der Waals surface area contributed by atoms with Gasteiger partial charge in [-0.05, 0) is 48.2 Å². The second kappa shape index (κ2) is 6.09. The minimum atomic E-state index is 0.313. The summed E-state index contributed by atoms with van der Waals surface area (Å²) in [6.45, 7) is 8.20. The molecule has 0 unspecified atom stereocenters. The lowest BCUT2D eigenvalue weighted by atomic mass is 9.97. The Kier molecular flexibility index (Phi) is 4.77. The van der Waals surface area contributed by atoms with Crippen LogP contribution < -0.4 is 0 Å². The van der Waals surface area contributed by atoms with Crippen molar-refractivity contribution in [3.05, 3.63) is 53.6 Å². The molecule has 0 aliphatic heterocycles. The van der Waals surface area contributed by atoms with Crippen molar-refractivity contribution >= 4 is 0 Å². The van der Waals surface area contributed by atoms with Crippen molar-refractivity contribution in [3.63, 3.8) is 0 Å². The second-order valence-corrected chi connectivity index (χ2v) is 3.80. The summed E-state index contributed by atoms with van der Waals surface area (Å²) in [6, 6.07) is 13.6. The summed E-state index contributed by atoms with van der Waals surface area (Å²) in [5, 5.41) is 9.43. The molecule has 90 valence electrons. The Morgan fingerprint density at radius 3 is 2.18 bits per heavy atom. The van der Waals surface area contributed by atoms with Gasteiger partial charge in [0.25, 0.3) is 0 Å². The van der Waals surface area contributed by atoms with Gasteiger partial charge < -0.3 is 5.11 Å². The molecular formula is C16H20O. The summed E-state index contributed by atoms with van der Waals surface area (Å²) in [5.74, 6) is 0.313. The zero-order chi connectivity index (χ0) is 12.8. The highest BCUT2D eigenvalue weighted by Gasteiger charge is 2.03. The summed E-state index contributed by atoms with van der Waals surface area (Å²) in [4.78, 5) is 0. The average molecular weight is 228 g/mol. The number of hydrogen-bond donors (Lipinski definition) is 1. The number of benzene rings is 2. The van der Waals surface area contributed by atoms with Crippen LogP contribution >= 0.6 is 0 Å². The molecule has 0 aliphatic carbocycles. The Morgan fingerprint density at radius 2 is 1.53 bits per heavy atom. The Labute approximate surface area is 104 Å². The van der Waals surface area contributed by atoms with Gasteiger partial charge in [0.1, 0.15) is 5.75 Å². The van der Waals surface area contributed by atoms with Gasteiger partial charge in [0.05, 0.1) is 0 Å².